The van der Waals surface area contributed by atoms with Gasteiger partial charge in [0.2, 0.25) is 0 Å². The van der Waals surface area contributed by atoms with Gasteiger partial charge in [-0.1, -0.05) is 39.5 Å². The second-order valence-corrected chi connectivity index (χ2v) is 2.80. The first-order valence-corrected chi connectivity index (χ1v) is 4.33. The Morgan fingerprint density at radius 2 is 1.08 bits per heavy atom. The van der Waals surface area contributed by atoms with Crippen molar-refractivity contribution in [2.45, 2.75) is 59.5 Å². The summed E-state index contributed by atoms with van der Waals surface area (Å²) in [5.41, 5.74) is 0. The van der Waals surface area contributed by atoms with Gasteiger partial charge in [-0.05, 0) is 13.8 Å². The molecule has 0 saturated carbocycles. The van der Waals surface area contributed by atoms with Crippen LogP contribution in [0.25, 0.3) is 0 Å². The maximum absolute atomic E-state index is 8.06. The van der Waals surface area contributed by atoms with Gasteiger partial charge in [-0.3, -0.25) is 0 Å². The molecule has 0 radical (unpaired) electrons. The number of unbranched alkanes of at least 4 members (excludes halogenated alkanes) is 3. The third kappa shape index (κ3) is 53.7. The number of hydrogen-bond acceptors (Lipinski definition) is 1. The fourth-order valence-corrected chi connectivity index (χ4v) is 0.500. The summed E-state index contributed by atoms with van der Waals surface area (Å²) >= 11 is 0. The van der Waals surface area contributed by atoms with Gasteiger partial charge < -0.3 is 5.11 Å². The molecule has 0 aliphatic carbocycles. The molecular weight excluding hydrogens is 413 g/mol. The Labute approximate surface area is 144 Å². The molecule has 0 aromatic heterocycles. The van der Waals surface area contributed by atoms with E-state index in [1.165, 1.54) is 25.7 Å². The van der Waals surface area contributed by atoms with Crippen molar-refractivity contribution in [2.24, 2.45) is 0 Å². The maximum Gasteiger partial charge on any atom is 0.0483 e. The van der Waals surface area contributed by atoms with Crippen molar-refractivity contribution in [1.29, 1.82) is 0 Å². The zero-order valence-corrected chi connectivity index (χ0v) is 15.3. The largest absolute Gasteiger partial charge is 0.394 e. The zero-order chi connectivity index (χ0) is 8.41. The SMILES string of the molecule is CC(C)O.CCCCCC.[Nd].[Nd]. The maximum atomic E-state index is 8.06. The van der Waals surface area contributed by atoms with E-state index in [1.807, 2.05) is 0 Å². The number of aliphatic hydroxyl groups is 1. The third-order valence-corrected chi connectivity index (χ3v) is 0.957. The van der Waals surface area contributed by atoms with Crippen LogP contribution in [0.4, 0.5) is 0 Å². The molecule has 3 heteroatoms. The minimum absolute atomic E-state index is 0. The van der Waals surface area contributed by atoms with Crippen LogP contribution in [0.5, 0.6) is 0 Å². The molecule has 12 heavy (non-hydrogen) atoms. The van der Waals surface area contributed by atoms with Gasteiger partial charge in [0.05, 0.1) is 0 Å². The van der Waals surface area contributed by atoms with Crippen LogP contribution in [-0.2, 0) is 0 Å². The molecule has 0 aromatic carbocycles. The first-order valence-electron chi connectivity index (χ1n) is 4.33. The third-order valence-electron chi connectivity index (χ3n) is 0.957. The summed E-state index contributed by atoms with van der Waals surface area (Å²) in [6.07, 6.45) is 5.37. The van der Waals surface area contributed by atoms with Gasteiger partial charge in [0, 0.05) is 87.8 Å². The molecule has 0 aliphatic heterocycles. The molecule has 0 amide bonds. The van der Waals surface area contributed by atoms with Crippen LogP contribution < -0.4 is 0 Å². The molecule has 1 nitrogen and oxygen atoms in total. The van der Waals surface area contributed by atoms with E-state index < -0.39 is 0 Å². The summed E-state index contributed by atoms with van der Waals surface area (Å²) in [5, 5.41) is 8.06. The van der Waals surface area contributed by atoms with E-state index in [-0.39, 0.29) is 87.8 Å². The summed E-state index contributed by atoms with van der Waals surface area (Å²) in [6, 6.07) is 0. The Morgan fingerprint density at radius 1 is 0.917 bits per heavy atom. The number of rotatable bonds is 3. The number of hydrogen-bond donors (Lipinski definition) is 1. The predicted molar refractivity (Wildman–Crippen MR) is 47.2 cm³/mol. The normalized spacial score (nSPS) is 7.50. The molecule has 0 heterocycles. The van der Waals surface area contributed by atoms with Crippen molar-refractivity contribution in [3.8, 4) is 0 Å². The molecule has 0 rings (SSSR count). The van der Waals surface area contributed by atoms with E-state index >= 15 is 0 Å². The molecule has 72 valence electrons. The summed E-state index contributed by atoms with van der Waals surface area (Å²) in [4.78, 5) is 0. The zero-order valence-electron chi connectivity index (χ0n) is 8.85. The molecule has 0 atom stereocenters. The standard InChI is InChI=1S/C6H14.C3H8O.2Nd/c1-3-5-6-4-2;1-3(2)4;;/h3-6H2,1-2H3;3-4H,1-2H3;;. The molecule has 0 bridgehead atoms. The summed E-state index contributed by atoms with van der Waals surface area (Å²) < 4.78 is 0. The topological polar surface area (TPSA) is 20.2 Å². The molecule has 0 unspecified atom stereocenters. The quantitative estimate of drug-likeness (QED) is 0.677. The van der Waals surface area contributed by atoms with Gasteiger partial charge in [-0.25, -0.2) is 0 Å². The van der Waals surface area contributed by atoms with Gasteiger partial charge in [-0.2, -0.15) is 0 Å². The van der Waals surface area contributed by atoms with E-state index in [0.29, 0.717) is 0 Å². The van der Waals surface area contributed by atoms with Crippen molar-refractivity contribution in [1.82, 2.24) is 0 Å². The first-order chi connectivity index (χ1) is 4.65. The average Bonchev–Trinajstić information content (AvgIpc) is 1.82. The summed E-state index contributed by atoms with van der Waals surface area (Å²) in [7, 11) is 0. The molecule has 0 spiro atoms. The van der Waals surface area contributed by atoms with Crippen LogP contribution >= 0.6 is 0 Å². The van der Waals surface area contributed by atoms with Crippen LogP contribution in [0, 0.1) is 81.7 Å². The fraction of sp³-hybridized carbons (Fsp3) is 1.00. The van der Waals surface area contributed by atoms with Crippen LogP contribution in [0.1, 0.15) is 53.4 Å². The van der Waals surface area contributed by atoms with E-state index in [9.17, 15) is 0 Å². The fourth-order valence-electron chi connectivity index (χ4n) is 0.500. The van der Waals surface area contributed by atoms with Crippen molar-refractivity contribution in [2.75, 3.05) is 0 Å². The second kappa shape index (κ2) is 23.5. The van der Waals surface area contributed by atoms with Crippen LogP contribution in [-0.4, -0.2) is 11.2 Å². The first kappa shape index (κ1) is 24.1. The van der Waals surface area contributed by atoms with E-state index in [0.717, 1.165) is 0 Å². The molecule has 0 saturated heterocycles. The van der Waals surface area contributed by atoms with Gasteiger partial charge in [-0.15, -0.1) is 0 Å². The van der Waals surface area contributed by atoms with Crippen molar-refractivity contribution in [3.63, 3.8) is 0 Å². The average molecular weight is 435 g/mol. The van der Waals surface area contributed by atoms with Crippen molar-refractivity contribution in [3.05, 3.63) is 0 Å². The molecular formula is C9H22Nd2O. The Balaban J connectivity index is -0.0000000483. The van der Waals surface area contributed by atoms with E-state index in [1.54, 1.807) is 13.8 Å². The predicted octanol–water partition coefficient (Wildman–Crippen LogP) is 2.97. The van der Waals surface area contributed by atoms with Crippen LogP contribution in [0.2, 0.25) is 0 Å². The Hall–Kier alpha value is 2.66. The monoisotopic (exact) mass is 430 g/mol. The molecule has 0 aliphatic rings. The Kier molecular flexibility index (Phi) is 47.1. The van der Waals surface area contributed by atoms with Crippen molar-refractivity contribution < 1.29 is 86.8 Å². The Bertz CT molecular complexity index is 43.0. The molecule has 0 aromatic rings. The van der Waals surface area contributed by atoms with Gasteiger partial charge >= 0.3 is 0 Å². The second-order valence-electron chi connectivity index (χ2n) is 2.80. The Morgan fingerprint density at radius 3 is 1.17 bits per heavy atom. The van der Waals surface area contributed by atoms with Gasteiger partial charge in [0.25, 0.3) is 0 Å². The summed E-state index contributed by atoms with van der Waals surface area (Å²) in [6.45, 7) is 7.91. The van der Waals surface area contributed by atoms with E-state index in [2.05, 4.69) is 13.8 Å². The van der Waals surface area contributed by atoms with Gasteiger partial charge in [0.1, 0.15) is 0 Å². The smallest absolute Gasteiger partial charge is 0.0483 e. The summed E-state index contributed by atoms with van der Waals surface area (Å²) in [5.74, 6) is 0. The van der Waals surface area contributed by atoms with Crippen molar-refractivity contribution >= 4 is 0 Å². The van der Waals surface area contributed by atoms with E-state index in [4.69, 9.17) is 5.11 Å². The minimum atomic E-state index is -0.167. The number of aliphatic hydroxyl groups excluding tert-OH is 1. The molecule has 1 N–H and O–H groups in total. The van der Waals surface area contributed by atoms with Crippen LogP contribution in [0.15, 0.2) is 0 Å². The molecule has 0 fully saturated rings. The van der Waals surface area contributed by atoms with Gasteiger partial charge in [0.15, 0.2) is 0 Å². The minimum Gasteiger partial charge on any atom is -0.394 e. The van der Waals surface area contributed by atoms with Crippen LogP contribution in [0.3, 0.4) is 0 Å².